The van der Waals surface area contributed by atoms with Crippen LogP contribution in [0.3, 0.4) is 0 Å². The zero-order valence-corrected chi connectivity index (χ0v) is 19.8. The minimum Gasteiger partial charge on any atom is -0.393 e. The first-order chi connectivity index (χ1) is 13.7. The van der Waals surface area contributed by atoms with Crippen LogP contribution in [0.4, 0.5) is 0 Å². The van der Waals surface area contributed by atoms with Crippen molar-refractivity contribution in [2.24, 2.45) is 46.3 Å². The van der Waals surface area contributed by atoms with Crippen molar-refractivity contribution in [2.75, 3.05) is 0 Å². The van der Waals surface area contributed by atoms with Crippen LogP contribution in [0, 0.1) is 46.3 Å². The molecular formula is C27H46O2. The van der Waals surface area contributed by atoms with Gasteiger partial charge in [0.05, 0.1) is 12.2 Å². The second-order valence-electron chi connectivity index (χ2n) is 13.0. The highest BCUT2D eigenvalue weighted by atomic mass is 16.6. The Balaban J connectivity index is 1.33. The molecule has 0 bridgehead atoms. The van der Waals surface area contributed by atoms with Gasteiger partial charge in [0.25, 0.3) is 0 Å². The lowest BCUT2D eigenvalue weighted by Crippen LogP contribution is -2.58. The summed E-state index contributed by atoms with van der Waals surface area (Å²) >= 11 is 0. The molecule has 1 N–H and O–H groups in total. The zero-order valence-electron chi connectivity index (χ0n) is 19.8. The van der Waals surface area contributed by atoms with Crippen molar-refractivity contribution in [2.45, 2.75) is 123 Å². The maximum Gasteiger partial charge on any atom is 0.103 e. The molecule has 0 aromatic carbocycles. The van der Waals surface area contributed by atoms with Crippen molar-refractivity contribution in [3.05, 3.63) is 0 Å². The van der Waals surface area contributed by atoms with Crippen molar-refractivity contribution in [3.8, 4) is 0 Å². The Kier molecular flexibility index (Phi) is 4.99. The Hall–Kier alpha value is -0.0800. The van der Waals surface area contributed by atoms with Gasteiger partial charge in [-0.2, -0.15) is 0 Å². The van der Waals surface area contributed by atoms with Crippen LogP contribution in [0.15, 0.2) is 0 Å². The van der Waals surface area contributed by atoms with Crippen LogP contribution in [0.25, 0.3) is 0 Å². The highest BCUT2D eigenvalue weighted by Gasteiger charge is 2.76. The maximum absolute atomic E-state index is 10.4. The largest absolute Gasteiger partial charge is 0.393 e. The number of rotatable bonds is 5. The number of aliphatic hydroxyl groups is 1. The van der Waals surface area contributed by atoms with Gasteiger partial charge in [0.2, 0.25) is 0 Å². The van der Waals surface area contributed by atoms with E-state index < -0.39 is 0 Å². The second kappa shape index (κ2) is 6.96. The highest BCUT2D eigenvalue weighted by molar-refractivity contribution is 5.24. The Labute approximate surface area is 179 Å². The summed E-state index contributed by atoms with van der Waals surface area (Å²) in [6.07, 6.45) is 14.8. The topological polar surface area (TPSA) is 32.8 Å². The van der Waals surface area contributed by atoms with E-state index in [1.807, 2.05) is 0 Å². The molecule has 1 saturated heterocycles. The molecule has 1 heterocycles. The van der Waals surface area contributed by atoms with Gasteiger partial charge in [-0.3, -0.25) is 0 Å². The van der Waals surface area contributed by atoms with E-state index >= 15 is 0 Å². The van der Waals surface area contributed by atoms with E-state index in [0.29, 0.717) is 16.9 Å². The molecule has 1 aliphatic heterocycles. The maximum atomic E-state index is 10.4. The van der Waals surface area contributed by atoms with Gasteiger partial charge in [-0.15, -0.1) is 0 Å². The van der Waals surface area contributed by atoms with E-state index in [1.54, 1.807) is 0 Å². The lowest BCUT2D eigenvalue weighted by Gasteiger charge is -2.59. The van der Waals surface area contributed by atoms with Crippen LogP contribution in [-0.2, 0) is 4.74 Å². The van der Waals surface area contributed by atoms with Crippen LogP contribution in [0.1, 0.15) is 105 Å². The van der Waals surface area contributed by atoms with Crippen LogP contribution in [0.5, 0.6) is 0 Å². The number of epoxide rings is 1. The summed E-state index contributed by atoms with van der Waals surface area (Å²) in [7, 11) is 0. The van der Waals surface area contributed by atoms with Gasteiger partial charge in [0.15, 0.2) is 0 Å². The van der Waals surface area contributed by atoms with Crippen molar-refractivity contribution < 1.29 is 9.84 Å². The van der Waals surface area contributed by atoms with Gasteiger partial charge < -0.3 is 9.84 Å². The van der Waals surface area contributed by atoms with Crippen molar-refractivity contribution >= 4 is 0 Å². The molecule has 5 rings (SSSR count). The van der Waals surface area contributed by atoms with Gasteiger partial charge in [0, 0.05) is 11.8 Å². The Bertz CT molecular complexity index is 630. The quantitative estimate of drug-likeness (QED) is 0.525. The molecule has 0 radical (unpaired) electrons. The third kappa shape index (κ3) is 2.94. The molecule has 166 valence electrons. The van der Waals surface area contributed by atoms with E-state index in [1.165, 1.54) is 57.8 Å². The molecule has 10 atom stereocenters. The first kappa shape index (κ1) is 20.8. The molecule has 6 unspecified atom stereocenters. The predicted molar refractivity (Wildman–Crippen MR) is 119 cm³/mol. The van der Waals surface area contributed by atoms with Crippen LogP contribution in [0.2, 0.25) is 0 Å². The molecule has 0 aromatic rings. The van der Waals surface area contributed by atoms with E-state index in [9.17, 15) is 5.11 Å². The number of aliphatic hydroxyl groups excluding tert-OH is 1. The van der Waals surface area contributed by atoms with E-state index in [-0.39, 0.29) is 11.7 Å². The van der Waals surface area contributed by atoms with Crippen LogP contribution < -0.4 is 0 Å². The summed E-state index contributed by atoms with van der Waals surface area (Å²) in [6.45, 7) is 12.6. The minimum atomic E-state index is -0.124. The predicted octanol–water partition coefficient (Wildman–Crippen LogP) is 6.60. The Morgan fingerprint density at radius 3 is 2.52 bits per heavy atom. The molecule has 1 spiro atoms. The minimum absolute atomic E-state index is 0.0434. The van der Waals surface area contributed by atoms with Crippen LogP contribution >= 0.6 is 0 Å². The molecule has 29 heavy (non-hydrogen) atoms. The third-order valence-electron chi connectivity index (χ3n) is 11.3. The summed E-state index contributed by atoms with van der Waals surface area (Å²) in [4.78, 5) is 0. The fourth-order valence-corrected chi connectivity index (χ4v) is 9.68. The monoisotopic (exact) mass is 402 g/mol. The molecule has 0 amide bonds. The van der Waals surface area contributed by atoms with Crippen LogP contribution in [-0.4, -0.2) is 22.9 Å². The summed E-state index contributed by atoms with van der Waals surface area (Å²) in [5, 5.41) is 10.4. The molecule has 5 aliphatic rings. The van der Waals surface area contributed by atoms with Gasteiger partial charge in [-0.25, -0.2) is 0 Å². The second-order valence-corrected chi connectivity index (χ2v) is 13.0. The van der Waals surface area contributed by atoms with Gasteiger partial charge in [-0.05, 0) is 85.9 Å². The number of fused-ring (bicyclic) bond motifs is 4. The normalized spacial score (nSPS) is 54.3. The number of hydrogen-bond acceptors (Lipinski definition) is 2. The third-order valence-corrected chi connectivity index (χ3v) is 11.3. The number of hydrogen-bond donors (Lipinski definition) is 1. The fourth-order valence-electron chi connectivity index (χ4n) is 9.68. The Morgan fingerprint density at radius 1 is 0.966 bits per heavy atom. The number of ether oxygens (including phenoxy) is 1. The SMILES string of the molecule is CC(C)CCC[C@@H](C)C1CCC2C3CC4OC45C[C@@H](O)CC[C@]5(C)C3CC[C@@]21C. The molecule has 4 saturated carbocycles. The molecule has 2 heteroatoms. The standard InChI is InChI=1S/C27H46O2/c1-17(2)7-6-8-18(3)21-9-10-22-20-15-24-27(29-24)16-19(28)11-14-26(27,5)23(20)12-13-25(21,22)4/h17-24,28H,6-16H2,1-5H3/t18-,19+,20?,21?,22?,23?,24?,25-,26-,27?/m1/s1. The lowest BCUT2D eigenvalue weighted by atomic mass is 9.44. The van der Waals surface area contributed by atoms with Gasteiger partial charge in [-0.1, -0.05) is 53.9 Å². The summed E-state index contributed by atoms with van der Waals surface area (Å²) in [5.41, 5.74) is 0.932. The molecule has 2 nitrogen and oxygen atoms in total. The zero-order chi connectivity index (χ0) is 20.6. The van der Waals surface area contributed by atoms with Gasteiger partial charge >= 0.3 is 0 Å². The van der Waals surface area contributed by atoms with Crippen molar-refractivity contribution in [1.29, 1.82) is 0 Å². The fraction of sp³-hybridized carbons (Fsp3) is 1.00. The summed E-state index contributed by atoms with van der Waals surface area (Å²) < 4.78 is 6.51. The van der Waals surface area contributed by atoms with Crippen molar-refractivity contribution in [1.82, 2.24) is 0 Å². The summed E-state index contributed by atoms with van der Waals surface area (Å²) in [6, 6.07) is 0. The van der Waals surface area contributed by atoms with E-state index in [2.05, 4.69) is 34.6 Å². The highest BCUT2D eigenvalue weighted by Crippen LogP contribution is 2.74. The first-order valence-electron chi connectivity index (χ1n) is 13.1. The lowest BCUT2D eigenvalue weighted by molar-refractivity contribution is -0.116. The van der Waals surface area contributed by atoms with E-state index in [4.69, 9.17) is 4.74 Å². The Morgan fingerprint density at radius 2 is 1.76 bits per heavy atom. The summed E-state index contributed by atoms with van der Waals surface area (Å²) in [5.74, 6) is 5.31. The van der Waals surface area contributed by atoms with Crippen molar-refractivity contribution in [3.63, 3.8) is 0 Å². The average molecular weight is 403 g/mol. The average Bonchev–Trinajstić information content (AvgIpc) is 3.22. The first-order valence-corrected chi connectivity index (χ1v) is 13.1. The smallest absolute Gasteiger partial charge is 0.103 e. The molecule has 5 fully saturated rings. The van der Waals surface area contributed by atoms with E-state index in [0.717, 1.165) is 48.3 Å². The molecule has 0 aromatic heterocycles. The van der Waals surface area contributed by atoms with Gasteiger partial charge in [0.1, 0.15) is 5.60 Å². The molecular weight excluding hydrogens is 356 g/mol. The molecule has 4 aliphatic carbocycles.